The van der Waals surface area contributed by atoms with Crippen LogP contribution in [0.25, 0.3) is 0 Å². The van der Waals surface area contributed by atoms with Crippen molar-refractivity contribution in [3.8, 4) is 36.0 Å². The van der Waals surface area contributed by atoms with Crippen molar-refractivity contribution in [1.82, 2.24) is 0 Å². The zero-order valence-electron chi connectivity index (χ0n) is 15.5. The minimum absolute atomic E-state index is 0. The molecule has 0 radical (unpaired) electrons. The highest BCUT2D eigenvalue weighted by Crippen LogP contribution is 1.64. The van der Waals surface area contributed by atoms with Crippen LogP contribution in [-0.2, 0) is 152 Å². The Labute approximate surface area is 240 Å². The highest BCUT2D eigenvalue weighted by molar-refractivity contribution is 8.75. The van der Waals surface area contributed by atoms with Crippen molar-refractivity contribution in [2.24, 2.45) is 0 Å². The lowest BCUT2D eigenvalue weighted by atomic mass is 10.6. The number of hydrogen-bond donors (Lipinski definition) is 0. The lowest BCUT2D eigenvalue weighted by Gasteiger charge is -1.81. The molecule has 0 aliphatic rings. The first-order chi connectivity index (χ1) is 14.1. The summed E-state index contributed by atoms with van der Waals surface area (Å²) in [5.74, 6) is 11.7. The van der Waals surface area contributed by atoms with E-state index in [-0.39, 0.29) is 14.9 Å². The fourth-order valence-corrected chi connectivity index (χ4v) is 25.0. The van der Waals surface area contributed by atoms with E-state index in [1.54, 1.807) is 93.8 Å². The second-order valence-electron chi connectivity index (χ2n) is 2.40. The first-order valence-electron chi connectivity index (χ1n) is 6.02. The second-order valence-corrected chi connectivity index (χ2v) is 21.9. The number of carbonyl (C=O) groups excluding carboxylic acids is 1. The van der Waals surface area contributed by atoms with Crippen LogP contribution in [0.2, 0.25) is 0 Å². The van der Waals surface area contributed by atoms with Crippen LogP contribution in [0.5, 0.6) is 0 Å². The van der Waals surface area contributed by atoms with Gasteiger partial charge in [-0.25, -0.2) is 4.79 Å². The van der Waals surface area contributed by atoms with Gasteiger partial charge in [0.1, 0.15) is 0 Å². The van der Waals surface area contributed by atoms with Gasteiger partial charge in [0.15, 0.2) is 0 Å². The molecule has 0 fully saturated rings. The molecule has 0 saturated heterocycles. The fourth-order valence-electron chi connectivity index (χ4n) is 0.255. The van der Waals surface area contributed by atoms with E-state index in [0.29, 0.717) is 0 Å². The molecular weight excluding hydrogens is 681 g/mol. The van der Waals surface area contributed by atoms with Crippen LogP contribution in [0.15, 0.2) is 0 Å². The molecule has 31 heavy (non-hydrogen) atoms. The van der Waals surface area contributed by atoms with E-state index in [4.69, 9.17) is 22.4 Å². The predicted octanol–water partition coefficient (Wildman–Crippen LogP) is 3.09. The number of rotatable bonds is 0. The molecule has 0 bridgehead atoms. The van der Waals surface area contributed by atoms with E-state index in [0.717, 1.165) is 0 Å². The van der Waals surface area contributed by atoms with E-state index >= 15 is 0 Å². The van der Waals surface area contributed by atoms with Crippen LogP contribution in [0.4, 0.5) is 0 Å². The minimum Gasteiger partial charge on any atom is -0.459 e. The number of methoxy groups -OCH3 is 1. The van der Waals surface area contributed by atoms with Gasteiger partial charge >= 0.3 is 5.97 Å². The largest absolute Gasteiger partial charge is 0.459 e. The summed E-state index contributed by atoms with van der Waals surface area (Å²) in [5.41, 5.74) is 0. The first-order valence-corrected chi connectivity index (χ1v) is 23.4. The topological polar surface area (TPSA) is 26.3 Å². The fraction of sp³-hybridized carbons (Fsp3) is 0.500. The molecule has 17 heteroatoms. The third kappa shape index (κ3) is 89.6. The number of ether oxygens (including phenoxy) is 1. The zero-order chi connectivity index (χ0) is 23.6. The summed E-state index contributed by atoms with van der Waals surface area (Å²) in [6, 6.07) is 0. The second kappa shape index (κ2) is 63.4. The number of hydrogen-bond acceptors (Lipinski definition) is 6. The number of terminal acetylenes is 1. The van der Waals surface area contributed by atoms with Gasteiger partial charge in [-0.15, -0.1) is 24.2 Å². The lowest BCUT2D eigenvalue weighted by molar-refractivity contribution is -0.133. The van der Waals surface area contributed by atoms with Gasteiger partial charge < -0.3 is 4.74 Å². The van der Waals surface area contributed by atoms with Gasteiger partial charge in [0.25, 0.3) is 0 Å². The molecule has 0 heterocycles. The molecule has 0 N–H and O–H groups in total. The highest BCUT2D eigenvalue weighted by Gasteiger charge is 1.84. The Kier molecular flexibility index (Phi) is 101. The summed E-state index contributed by atoms with van der Waals surface area (Å²) in [7, 11) is 19.4. The summed E-state index contributed by atoms with van der Waals surface area (Å²) in [6.07, 6.45) is 4.60. The Morgan fingerprint density at radius 3 is 1.10 bits per heavy atom. The van der Waals surface area contributed by atoms with Gasteiger partial charge in [-0.05, 0) is 27.7 Å². The van der Waals surface area contributed by atoms with Crippen molar-refractivity contribution < 1.29 is 9.53 Å². The average Bonchev–Trinajstić information content (AvgIpc) is 2.75. The molecule has 0 spiro atoms. The monoisotopic (exact) mass is 704 g/mol. The van der Waals surface area contributed by atoms with E-state index in [9.17, 15) is 4.79 Å². The molecule has 0 aliphatic heterocycles. The van der Waals surface area contributed by atoms with Crippen LogP contribution in [0, 0.1) is 36.0 Å². The summed E-state index contributed by atoms with van der Waals surface area (Å²) in [5, 5.41) is 0. The van der Waals surface area contributed by atoms with Crippen LogP contribution in [0.3, 0.4) is 0 Å². The molecule has 0 aromatic rings. The first kappa shape index (κ1) is 49.6. The Morgan fingerprint density at radius 2 is 0.968 bits per heavy atom. The molecule has 0 atom stereocenters. The van der Waals surface area contributed by atoms with Gasteiger partial charge in [-0.3, -0.25) is 0 Å². The SMILES string of the molecule is C.C.C#CC.CC#CC.CC#CC(=O)OC.S=S.S=S=S=S=S=S=S=S=S=S=S=S=S. The average molecular weight is 705 g/mol. The lowest BCUT2D eigenvalue weighted by Crippen LogP contribution is -1.93. The van der Waals surface area contributed by atoms with E-state index in [2.05, 4.69) is 63.1 Å². The van der Waals surface area contributed by atoms with Crippen molar-refractivity contribution in [2.45, 2.75) is 42.5 Å². The summed E-state index contributed by atoms with van der Waals surface area (Å²) >= 11 is 16.7. The van der Waals surface area contributed by atoms with E-state index in [1.807, 2.05) is 13.8 Å². The Hall–Kier alpha value is 1.45. The molecular formula is C14H24O2S15. The molecule has 0 aliphatic carbocycles. The summed E-state index contributed by atoms with van der Waals surface area (Å²) < 4.78 is 4.18. The van der Waals surface area contributed by atoms with Crippen molar-refractivity contribution in [3.05, 3.63) is 0 Å². The normalized spacial score (nSPS) is 5.16. The zero-order valence-corrected chi connectivity index (χ0v) is 27.8. The van der Waals surface area contributed by atoms with E-state index < -0.39 is 5.97 Å². The van der Waals surface area contributed by atoms with Gasteiger partial charge in [-0.1, -0.05) is 20.8 Å². The molecule has 2 nitrogen and oxygen atoms in total. The van der Waals surface area contributed by atoms with Gasteiger partial charge in [-0.2, -0.15) is 0 Å². The number of esters is 1. The summed E-state index contributed by atoms with van der Waals surface area (Å²) in [4.78, 5) is 10.0. The molecule has 0 unspecified atom stereocenters. The quantitative estimate of drug-likeness (QED) is 0.219. The Balaban J connectivity index is -0.0000000544. The van der Waals surface area contributed by atoms with Crippen LogP contribution in [-0.4, -0.2) is 13.1 Å². The Morgan fingerprint density at radius 1 is 0.710 bits per heavy atom. The standard InChI is InChI=1S/C5H6O2.C4H6.C3H4.2CH4.S13.S2/c1-3-4-5(6)7-2;1-3-4-2;1-3-2;;;1-3-5-7-9-11-13-12-10-8-6-4-2;1-2/h1-2H3;1-2H3;1H,2H3;2*1H4;;. The third-order valence-corrected chi connectivity index (χ3v) is 23.2. The summed E-state index contributed by atoms with van der Waals surface area (Å²) in [6.45, 7) is 6.87. The molecule has 0 aromatic carbocycles. The molecule has 0 saturated carbocycles. The minimum atomic E-state index is -0.484. The van der Waals surface area contributed by atoms with Crippen LogP contribution >= 0.6 is 0 Å². The van der Waals surface area contributed by atoms with Gasteiger partial charge in [0.05, 0.1) is 7.11 Å². The molecule has 0 rings (SSSR count). The van der Waals surface area contributed by atoms with Crippen LogP contribution < -0.4 is 0 Å². The Bertz CT molecular complexity index is 988. The predicted molar refractivity (Wildman–Crippen MR) is 183 cm³/mol. The number of carbonyl (C=O) groups is 1. The van der Waals surface area contributed by atoms with Crippen LogP contribution in [0.1, 0.15) is 42.5 Å². The maximum absolute atomic E-state index is 10.0. The van der Waals surface area contributed by atoms with E-state index in [1.165, 1.54) is 24.9 Å². The third-order valence-electron chi connectivity index (χ3n) is 0.940. The van der Waals surface area contributed by atoms with Crippen molar-refractivity contribution in [1.29, 1.82) is 0 Å². The maximum Gasteiger partial charge on any atom is 0.384 e. The van der Waals surface area contributed by atoms with Crippen molar-refractivity contribution in [3.63, 3.8) is 0 Å². The van der Waals surface area contributed by atoms with Crippen molar-refractivity contribution in [2.75, 3.05) is 7.11 Å². The maximum atomic E-state index is 10.0. The molecule has 0 aromatic heterocycles. The molecule has 182 valence electrons. The van der Waals surface area contributed by atoms with Gasteiger partial charge in [0, 0.05) is 148 Å². The van der Waals surface area contributed by atoms with Gasteiger partial charge in [0.2, 0.25) is 0 Å². The van der Waals surface area contributed by atoms with Crippen molar-refractivity contribution >= 4 is 148 Å². The highest BCUT2D eigenvalue weighted by atomic mass is 33.5. The smallest absolute Gasteiger partial charge is 0.384 e. The molecule has 0 amide bonds.